The Morgan fingerprint density at radius 1 is 1.12 bits per heavy atom. The van der Waals surface area contributed by atoms with Gasteiger partial charge in [0.05, 0.1) is 12.8 Å². The lowest BCUT2D eigenvalue weighted by molar-refractivity contribution is 0.0948. The molecule has 1 amide bonds. The number of hydrogen-bond donors (Lipinski definition) is 2. The molecule has 0 saturated heterocycles. The van der Waals surface area contributed by atoms with E-state index < -0.39 is 17.2 Å². The molecule has 24 heavy (non-hydrogen) atoms. The van der Waals surface area contributed by atoms with E-state index in [1.807, 2.05) is 30.3 Å². The minimum Gasteiger partial charge on any atom is -0.467 e. The second kappa shape index (κ2) is 6.82. The monoisotopic (exact) mass is 325 g/mol. The summed E-state index contributed by atoms with van der Waals surface area (Å²) in [5.74, 6) is -0.0993. The van der Waals surface area contributed by atoms with Crippen molar-refractivity contribution in [3.05, 3.63) is 92.6 Å². The Bertz CT molecular complexity index is 940. The van der Waals surface area contributed by atoms with E-state index in [1.54, 1.807) is 12.1 Å². The van der Waals surface area contributed by atoms with Crippen LogP contribution in [0.15, 0.2) is 68.9 Å². The highest BCUT2D eigenvalue weighted by molar-refractivity contribution is 5.93. The van der Waals surface area contributed by atoms with Crippen molar-refractivity contribution in [1.82, 2.24) is 14.9 Å². The first-order chi connectivity index (χ1) is 11.6. The highest BCUT2D eigenvalue weighted by atomic mass is 16.3. The van der Waals surface area contributed by atoms with Crippen molar-refractivity contribution in [2.24, 2.45) is 0 Å². The van der Waals surface area contributed by atoms with Crippen LogP contribution in [0.2, 0.25) is 0 Å². The van der Waals surface area contributed by atoms with Crippen molar-refractivity contribution in [2.45, 2.75) is 13.1 Å². The summed E-state index contributed by atoms with van der Waals surface area (Å²) in [6.45, 7) is 0.247. The van der Waals surface area contributed by atoms with Crippen LogP contribution in [-0.4, -0.2) is 15.5 Å². The van der Waals surface area contributed by atoms with Gasteiger partial charge >= 0.3 is 5.69 Å². The fourth-order valence-electron chi connectivity index (χ4n) is 2.25. The molecule has 0 aliphatic rings. The highest BCUT2D eigenvalue weighted by Crippen LogP contribution is 2.01. The van der Waals surface area contributed by atoms with Gasteiger partial charge in [0, 0.05) is 12.7 Å². The van der Waals surface area contributed by atoms with Gasteiger partial charge in [0.2, 0.25) is 0 Å². The lowest BCUT2D eigenvalue weighted by Gasteiger charge is -2.07. The lowest BCUT2D eigenvalue weighted by atomic mass is 10.2. The van der Waals surface area contributed by atoms with Gasteiger partial charge in [-0.25, -0.2) is 4.79 Å². The zero-order chi connectivity index (χ0) is 16.9. The summed E-state index contributed by atoms with van der Waals surface area (Å²) in [6, 6.07) is 12.6. The maximum absolute atomic E-state index is 12.4. The molecular formula is C17H15N3O4. The summed E-state index contributed by atoms with van der Waals surface area (Å²) in [5.41, 5.74) is -0.486. The molecule has 0 radical (unpaired) electrons. The average molecular weight is 325 g/mol. The maximum atomic E-state index is 12.4. The van der Waals surface area contributed by atoms with Crippen LogP contribution in [0, 0.1) is 0 Å². The van der Waals surface area contributed by atoms with Gasteiger partial charge in [0.25, 0.3) is 11.5 Å². The SMILES string of the molecule is O=C(NCc1ccccc1)c1c[nH]c(=O)n(Cc2ccco2)c1=O. The number of aromatic amines is 1. The fourth-order valence-corrected chi connectivity index (χ4v) is 2.25. The Morgan fingerprint density at radius 3 is 2.62 bits per heavy atom. The number of benzene rings is 1. The van der Waals surface area contributed by atoms with Crippen molar-refractivity contribution >= 4 is 5.91 Å². The molecule has 0 saturated carbocycles. The van der Waals surface area contributed by atoms with Crippen LogP contribution < -0.4 is 16.6 Å². The molecule has 3 aromatic rings. The van der Waals surface area contributed by atoms with E-state index in [0.717, 1.165) is 16.3 Å². The van der Waals surface area contributed by atoms with Crippen LogP contribution in [0.4, 0.5) is 0 Å². The van der Waals surface area contributed by atoms with Gasteiger partial charge in [0.1, 0.15) is 11.3 Å². The Kier molecular flexibility index (Phi) is 4.42. The van der Waals surface area contributed by atoms with Gasteiger partial charge < -0.3 is 14.7 Å². The normalized spacial score (nSPS) is 10.5. The number of carbonyl (C=O) groups excluding carboxylic acids is 1. The van der Waals surface area contributed by atoms with Crippen LogP contribution >= 0.6 is 0 Å². The molecule has 0 aliphatic heterocycles. The molecular weight excluding hydrogens is 310 g/mol. The van der Waals surface area contributed by atoms with E-state index >= 15 is 0 Å². The summed E-state index contributed by atoms with van der Waals surface area (Å²) < 4.78 is 6.07. The molecule has 7 heteroatoms. The maximum Gasteiger partial charge on any atom is 0.328 e. The van der Waals surface area contributed by atoms with E-state index in [9.17, 15) is 14.4 Å². The predicted octanol–water partition coefficient (Wildman–Crippen LogP) is 1.11. The zero-order valence-electron chi connectivity index (χ0n) is 12.7. The smallest absolute Gasteiger partial charge is 0.328 e. The summed E-state index contributed by atoms with van der Waals surface area (Å²) >= 11 is 0. The van der Waals surface area contributed by atoms with E-state index in [4.69, 9.17) is 4.42 Å². The molecule has 122 valence electrons. The summed E-state index contributed by atoms with van der Waals surface area (Å²) in [5, 5.41) is 2.66. The first-order valence-corrected chi connectivity index (χ1v) is 7.32. The molecule has 2 N–H and O–H groups in total. The lowest BCUT2D eigenvalue weighted by Crippen LogP contribution is -2.40. The number of furan rings is 1. The second-order valence-electron chi connectivity index (χ2n) is 5.15. The molecule has 0 aliphatic carbocycles. The van der Waals surface area contributed by atoms with Crippen molar-refractivity contribution in [1.29, 1.82) is 0 Å². The standard InChI is InChI=1S/C17H15N3O4/c21-15(18-9-12-5-2-1-3-6-12)14-10-19-17(23)20(16(14)22)11-13-7-4-8-24-13/h1-8,10H,9,11H2,(H,18,21)(H,19,23). The number of hydrogen-bond acceptors (Lipinski definition) is 4. The number of nitrogens with one attached hydrogen (secondary N) is 2. The van der Waals surface area contributed by atoms with Crippen LogP contribution in [0.3, 0.4) is 0 Å². The van der Waals surface area contributed by atoms with Crippen molar-refractivity contribution in [3.8, 4) is 0 Å². The van der Waals surface area contributed by atoms with Gasteiger partial charge in [-0.3, -0.25) is 14.2 Å². The van der Waals surface area contributed by atoms with Gasteiger partial charge in [0.15, 0.2) is 0 Å². The first-order valence-electron chi connectivity index (χ1n) is 7.32. The molecule has 3 rings (SSSR count). The second-order valence-corrected chi connectivity index (χ2v) is 5.15. The number of nitrogens with zero attached hydrogens (tertiary/aromatic N) is 1. The molecule has 0 atom stereocenters. The van der Waals surface area contributed by atoms with E-state index in [1.165, 1.54) is 6.26 Å². The number of carbonyl (C=O) groups is 1. The van der Waals surface area contributed by atoms with Gasteiger partial charge in [-0.2, -0.15) is 0 Å². The van der Waals surface area contributed by atoms with Crippen LogP contribution in [0.5, 0.6) is 0 Å². The van der Waals surface area contributed by atoms with Gasteiger partial charge in [-0.1, -0.05) is 30.3 Å². The molecule has 2 aromatic heterocycles. The zero-order valence-corrected chi connectivity index (χ0v) is 12.7. The third-order valence-electron chi connectivity index (χ3n) is 3.50. The minimum atomic E-state index is -0.666. The van der Waals surface area contributed by atoms with Gasteiger partial charge in [-0.15, -0.1) is 0 Å². The largest absolute Gasteiger partial charge is 0.467 e. The van der Waals surface area contributed by atoms with Crippen LogP contribution in [-0.2, 0) is 13.1 Å². The van der Waals surface area contributed by atoms with Crippen molar-refractivity contribution in [3.63, 3.8) is 0 Å². The topological polar surface area (TPSA) is 97.1 Å². The van der Waals surface area contributed by atoms with Crippen molar-refractivity contribution < 1.29 is 9.21 Å². The summed E-state index contributed by atoms with van der Waals surface area (Å²) in [4.78, 5) is 38.9. The van der Waals surface area contributed by atoms with E-state index in [-0.39, 0.29) is 18.7 Å². The molecule has 0 spiro atoms. The molecule has 7 nitrogen and oxygen atoms in total. The molecule has 0 fully saturated rings. The Labute approximate surface area is 136 Å². The molecule has 0 unspecified atom stereocenters. The third kappa shape index (κ3) is 3.35. The quantitative estimate of drug-likeness (QED) is 0.734. The Balaban J connectivity index is 1.81. The van der Waals surface area contributed by atoms with Crippen molar-refractivity contribution in [2.75, 3.05) is 0 Å². The molecule has 1 aromatic carbocycles. The van der Waals surface area contributed by atoms with E-state index in [0.29, 0.717) is 5.76 Å². The first kappa shape index (κ1) is 15.5. The van der Waals surface area contributed by atoms with Gasteiger partial charge in [-0.05, 0) is 17.7 Å². The third-order valence-corrected chi connectivity index (χ3v) is 3.50. The molecule has 2 heterocycles. The number of rotatable bonds is 5. The van der Waals surface area contributed by atoms with Crippen LogP contribution in [0.1, 0.15) is 21.7 Å². The Hall–Kier alpha value is -3.35. The number of amides is 1. The summed E-state index contributed by atoms with van der Waals surface area (Å²) in [7, 11) is 0. The average Bonchev–Trinajstić information content (AvgIpc) is 3.11. The summed E-state index contributed by atoms with van der Waals surface area (Å²) in [6.07, 6.45) is 2.58. The highest BCUT2D eigenvalue weighted by Gasteiger charge is 2.15. The predicted molar refractivity (Wildman–Crippen MR) is 86.7 cm³/mol. The number of aromatic nitrogens is 2. The Morgan fingerprint density at radius 2 is 1.92 bits per heavy atom. The minimum absolute atomic E-state index is 0.0407. The number of H-pyrrole nitrogens is 1. The van der Waals surface area contributed by atoms with E-state index in [2.05, 4.69) is 10.3 Å². The van der Waals surface area contributed by atoms with Crippen LogP contribution in [0.25, 0.3) is 0 Å². The fraction of sp³-hybridized carbons (Fsp3) is 0.118. The molecule has 0 bridgehead atoms.